The van der Waals surface area contributed by atoms with Crippen molar-refractivity contribution in [3.05, 3.63) is 59.0 Å². The van der Waals surface area contributed by atoms with E-state index in [4.69, 9.17) is 21.1 Å². The van der Waals surface area contributed by atoms with Crippen LogP contribution in [0.4, 0.5) is 18.0 Å². The molecule has 15 heteroatoms. The minimum Gasteiger partial charge on any atom is -0.477 e. The molecular formula is C36H46ClF3N6O4S. The molecule has 5 rings (SSSR count). The van der Waals surface area contributed by atoms with Gasteiger partial charge in [-0.2, -0.15) is 13.2 Å². The van der Waals surface area contributed by atoms with Gasteiger partial charge >= 0.3 is 12.3 Å². The van der Waals surface area contributed by atoms with Gasteiger partial charge in [-0.1, -0.05) is 30.5 Å². The number of rotatable bonds is 14. The Labute approximate surface area is 306 Å². The van der Waals surface area contributed by atoms with Gasteiger partial charge in [-0.25, -0.2) is 19.4 Å². The van der Waals surface area contributed by atoms with Gasteiger partial charge in [0.2, 0.25) is 5.88 Å². The third-order valence-electron chi connectivity index (χ3n) is 9.36. The molecule has 3 aromatic rings. The molecule has 51 heavy (non-hydrogen) atoms. The highest BCUT2D eigenvalue weighted by Crippen LogP contribution is 2.59. The maximum absolute atomic E-state index is 13.1. The molecule has 1 unspecified atom stereocenters. The van der Waals surface area contributed by atoms with E-state index < -0.39 is 23.1 Å². The van der Waals surface area contributed by atoms with E-state index in [2.05, 4.69) is 33.6 Å². The smallest absolute Gasteiger partial charge is 0.410 e. The highest BCUT2D eigenvalue weighted by atomic mass is 35.5. The van der Waals surface area contributed by atoms with E-state index in [1.165, 1.54) is 16.8 Å². The standard InChI is InChI=1S/C36H46ClF3N6O4S/c1-33(2,3)50-32(48)45-23-25(21-34(45,4)5)10-8-6-7-9-24-11-14-29(41-22-24)51-44-31(47)26-12-13-27(42-30(26)37)46-19-15-28(43-46)49-20-18-35(16-17-35)36(38,39)40/h11-15,19,22,25H,6-10,16-18,20-21,23H2,1-5H3,(H,44,47). The van der Waals surface area contributed by atoms with Gasteiger partial charge in [-0.3, -0.25) is 9.52 Å². The molecule has 0 radical (unpaired) electrons. The van der Waals surface area contributed by atoms with E-state index in [1.807, 2.05) is 44.0 Å². The molecule has 2 fully saturated rings. The number of pyridine rings is 2. The van der Waals surface area contributed by atoms with E-state index in [9.17, 15) is 22.8 Å². The first kappa shape index (κ1) is 38.7. The van der Waals surface area contributed by atoms with Crippen LogP contribution in [0.5, 0.6) is 5.88 Å². The molecular weight excluding hydrogens is 705 g/mol. The van der Waals surface area contributed by atoms with Crippen molar-refractivity contribution >= 4 is 35.5 Å². The van der Waals surface area contributed by atoms with E-state index in [0.717, 1.165) is 62.6 Å². The number of halogens is 4. The van der Waals surface area contributed by atoms with Crippen molar-refractivity contribution in [2.45, 2.75) is 115 Å². The first-order valence-corrected chi connectivity index (χ1v) is 18.5. The summed E-state index contributed by atoms with van der Waals surface area (Å²) in [5, 5.41) is 4.80. The molecule has 4 heterocycles. The average molecular weight is 751 g/mol. The highest BCUT2D eigenvalue weighted by molar-refractivity contribution is 7.97. The minimum atomic E-state index is -4.23. The first-order valence-electron chi connectivity index (χ1n) is 17.3. The zero-order valence-electron chi connectivity index (χ0n) is 29.7. The zero-order chi connectivity index (χ0) is 37.0. The highest BCUT2D eigenvalue weighted by Gasteiger charge is 2.62. The summed E-state index contributed by atoms with van der Waals surface area (Å²) in [6.07, 6.45) is 5.22. The molecule has 1 atom stereocenters. The topological polar surface area (TPSA) is 111 Å². The molecule has 1 saturated carbocycles. The Balaban J connectivity index is 1.00. The second-order valence-electron chi connectivity index (χ2n) is 15.1. The van der Waals surface area contributed by atoms with Crippen LogP contribution in [-0.4, -0.2) is 67.1 Å². The van der Waals surface area contributed by atoms with Gasteiger partial charge in [-0.15, -0.1) is 5.10 Å². The zero-order valence-corrected chi connectivity index (χ0v) is 31.3. The fraction of sp³-hybridized carbons (Fsp3) is 0.583. The van der Waals surface area contributed by atoms with Crippen LogP contribution in [0, 0.1) is 11.3 Å². The van der Waals surface area contributed by atoms with Crippen LogP contribution in [0.2, 0.25) is 5.15 Å². The summed E-state index contributed by atoms with van der Waals surface area (Å²) in [5.41, 5.74) is -1.07. The Morgan fingerprint density at radius 3 is 2.49 bits per heavy atom. The number of hydrogen-bond donors (Lipinski definition) is 1. The van der Waals surface area contributed by atoms with Crippen LogP contribution in [-0.2, 0) is 11.2 Å². The van der Waals surface area contributed by atoms with Gasteiger partial charge in [0.15, 0.2) is 5.82 Å². The van der Waals surface area contributed by atoms with Crippen molar-refractivity contribution in [3.8, 4) is 11.7 Å². The third kappa shape index (κ3) is 10.3. The maximum atomic E-state index is 13.1. The number of ether oxygens (including phenoxy) is 2. The van der Waals surface area contributed by atoms with E-state index >= 15 is 0 Å². The summed E-state index contributed by atoms with van der Waals surface area (Å²) < 4.78 is 54.6. The van der Waals surface area contributed by atoms with Crippen LogP contribution in [0.15, 0.2) is 47.8 Å². The van der Waals surface area contributed by atoms with Gasteiger partial charge in [0.05, 0.1) is 17.6 Å². The number of aryl methyl sites for hydroxylation is 1. The fourth-order valence-corrected chi connectivity index (χ4v) is 7.12. The second kappa shape index (κ2) is 15.6. The minimum absolute atomic E-state index is 0.0373. The van der Waals surface area contributed by atoms with E-state index in [0.29, 0.717) is 16.8 Å². The van der Waals surface area contributed by atoms with Crippen LogP contribution in [0.1, 0.15) is 102 Å². The molecule has 0 bridgehead atoms. The predicted octanol–water partition coefficient (Wildman–Crippen LogP) is 9.00. The van der Waals surface area contributed by atoms with Gasteiger partial charge in [0, 0.05) is 42.5 Å². The monoisotopic (exact) mass is 750 g/mol. The van der Waals surface area contributed by atoms with E-state index in [1.54, 1.807) is 12.3 Å². The Morgan fingerprint density at radius 2 is 1.84 bits per heavy atom. The summed E-state index contributed by atoms with van der Waals surface area (Å²) in [6, 6.07) is 8.47. The number of unbranched alkanes of at least 4 members (excludes halogenated alkanes) is 2. The number of carbonyl (C=O) groups excluding carboxylic acids is 2. The van der Waals surface area contributed by atoms with Crippen molar-refractivity contribution in [1.29, 1.82) is 0 Å². The number of nitrogens with one attached hydrogen (secondary N) is 1. The Kier molecular flexibility index (Phi) is 11.8. The largest absolute Gasteiger partial charge is 0.477 e. The normalized spacial score (nSPS) is 18.1. The summed E-state index contributed by atoms with van der Waals surface area (Å²) in [6.45, 7) is 10.5. The van der Waals surface area contributed by atoms with Crippen molar-refractivity contribution in [3.63, 3.8) is 0 Å². The molecule has 1 aliphatic carbocycles. The van der Waals surface area contributed by atoms with Crippen molar-refractivity contribution in [1.82, 2.24) is 29.4 Å². The molecule has 3 aromatic heterocycles. The lowest BCUT2D eigenvalue weighted by Crippen LogP contribution is -2.45. The SMILES string of the molecule is CC(C)(C)OC(=O)N1CC(CCCCCc2ccc(SNC(=O)c3ccc(-n4ccc(OCCC5(C(F)(F)F)CC5)n4)nc3Cl)nc2)CC1(C)C. The lowest BCUT2D eigenvalue weighted by molar-refractivity contribution is -0.190. The summed E-state index contributed by atoms with van der Waals surface area (Å²) in [4.78, 5) is 36.1. The summed E-state index contributed by atoms with van der Waals surface area (Å²) >= 11 is 7.40. The number of aromatic nitrogens is 4. The van der Waals surface area contributed by atoms with Gasteiger partial charge in [0.1, 0.15) is 15.8 Å². The van der Waals surface area contributed by atoms with Crippen molar-refractivity contribution in [2.75, 3.05) is 13.2 Å². The Morgan fingerprint density at radius 1 is 1.08 bits per heavy atom. The Hall–Kier alpha value is -3.52. The summed E-state index contributed by atoms with van der Waals surface area (Å²) in [5.74, 6) is 0.509. The third-order valence-corrected chi connectivity index (χ3v) is 10.4. The average Bonchev–Trinajstić information content (AvgIpc) is 3.59. The lowest BCUT2D eigenvalue weighted by Gasteiger charge is -2.33. The molecule has 1 N–H and O–H groups in total. The van der Waals surface area contributed by atoms with Gasteiger partial charge < -0.3 is 14.4 Å². The van der Waals surface area contributed by atoms with Crippen LogP contribution in [0.3, 0.4) is 0 Å². The van der Waals surface area contributed by atoms with Crippen LogP contribution < -0.4 is 9.46 Å². The summed E-state index contributed by atoms with van der Waals surface area (Å²) in [7, 11) is 0. The Bertz CT molecular complexity index is 1670. The molecule has 0 spiro atoms. The maximum Gasteiger partial charge on any atom is 0.410 e. The van der Waals surface area contributed by atoms with Crippen molar-refractivity contribution < 1.29 is 32.2 Å². The lowest BCUT2D eigenvalue weighted by atomic mass is 9.92. The van der Waals surface area contributed by atoms with Crippen LogP contribution >= 0.6 is 23.5 Å². The fourth-order valence-electron chi connectivity index (χ4n) is 6.34. The molecule has 1 saturated heterocycles. The van der Waals surface area contributed by atoms with Crippen LogP contribution in [0.25, 0.3) is 5.82 Å². The molecule has 2 aliphatic rings. The van der Waals surface area contributed by atoms with Gasteiger partial charge in [0.25, 0.3) is 5.91 Å². The number of alkyl halides is 3. The number of carbonyl (C=O) groups is 2. The predicted molar refractivity (Wildman–Crippen MR) is 189 cm³/mol. The second-order valence-corrected chi connectivity index (χ2v) is 16.3. The number of amides is 2. The number of hydrogen-bond acceptors (Lipinski definition) is 8. The van der Waals surface area contributed by atoms with Gasteiger partial charge in [-0.05, 0) is 109 Å². The van der Waals surface area contributed by atoms with E-state index in [-0.39, 0.29) is 54.1 Å². The first-order chi connectivity index (χ1) is 23.9. The number of likely N-dealkylation sites (tertiary alicyclic amines) is 1. The molecule has 1 aliphatic heterocycles. The molecule has 0 aromatic carbocycles. The molecule has 10 nitrogen and oxygen atoms in total. The van der Waals surface area contributed by atoms with Crippen molar-refractivity contribution in [2.24, 2.45) is 11.3 Å². The quantitative estimate of drug-likeness (QED) is 0.0988. The molecule has 2 amide bonds. The molecule has 278 valence electrons. The number of nitrogens with zero attached hydrogens (tertiary/aromatic N) is 5.